The number of rotatable bonds is 25. The molecule has 1 unspecified atom stereocenters. The molecule has 17 nitrogen and oxygen atoms in total. The predicted octanol–water partition coefficient (Wildman–Crippen LogP) is 2.72. The molecular weight excluding hydrogens is 854 g/mol. The Morgan fingerprint density at radius 1 is 0.730 bits per heavy atom. The lowest BCUT2D eigenvalue weighted by atomic mass is 9.85. The van der Waals surface area contributed by atoms with Crippen LogP contribution in [0.5, 0.6) is 0 Å². The van der Waals surface area contributed by atoms with Crippen molar-refractivity contribution in [1.82, 2.24) is 31.9 Å². The van der Waals surface area contributed by atoms with Crippen molar-refractivity contribution in [2.24, 2.45) is 11.3 Å². The lowest BCUT2D eigenvalue weighted by Gasteiger charge is -2.34. The van der Waals surface area contributed by atoms with Crippen LogP contribution in [0.2, 0.25) is 0 Å². The zero-order valence-electron chi connectivity index (χ0n) is 35.9. The fourth-order valence-electron chi connectivity index (χ4n) is 6.24. The number of carbonyl (C=O) groups excluding carboxylic acids is 7. The third-order valence-corrected chi connectivity index (χ3v) is 10.3. The minimum atomic E-state index is -4.78. The van der Waals surface area contributed by atoms with Gasteiger partial charge in [-0.15, -0.1) is 0 Å². The first-order valence-corrected chi connectivity index (χ1v) is 21.1. The second-order valence-electron chi connectivity index (χ2n) is 16.6. The van der Waals surface area contributed by atoms with Gasteiger partial charge in [0.15, 0.2) is 0 Å². The predicted molar refractivity (Wildman–Crippen MR) is 224 cm³/mol. The maximum Gasteiger partial charge on any atom is 0.391 e. The number of benzene rings is 1. The Morgan fingerprint density at radius 2 is 1.32 bits per heavy atom. The number of amides is 6. The molecule has 0 aliphatic rings. The van der Waals surface area contributed by atoms with Gasteiger partial charge in [-0.2, -0.15) is 24.5 Å². The molecule has 1 aromatic heterocycles. The first kappa shape index (κ1) is 53.3. The standard InChI is InChI=1S/C42H57F3N6O11S/c1-23(2)17-29(37(59)46-27(21-52)20-42(43,44)45)50-40(62)35(41(4,5)6)51-39(61)30(18-26-10-8-7-9-24(26)3)49-36(58)28(12-11-25-15-16-63-22-25)48-38(60)31(19-34(56)57)47-32(53)13-14-33(54)55/h7-10,15-16,21-23,27-31,35H,11-14,17-20H2,1-6H3,(H,46,59)(H,47,53)(H,48,60)(H,49,58)(H,50,62)(H,51,61)(H,54,55)(H,56,57)/t27?,28-,29+,30+,31+,35-/m1/s1. The molecule has 6 atom stereocenters. The van der Waals surface area contributed by atoms with Gasteiger partial charge in [-0.05, 0) is 71.0 Å². The number of carbonyl (C=O) groups is 9. The van der Waals surface area contributed by atoms with Crippen LogP contribution in [0, 0.1) is 18.3 Å². The number of aliphatic carboxylic acids is 2. The van der Waals surface area contributed by atoms with Crippen molar-refractivity contribution in [1.29, 1.82) is 0 Å². The van der Waals surface area contributed by atoms with Crippen LogP contribution in [0.25, 0.3) is 0 Å². The molecule has 0 spiro atoms. The zero-order valence-corrected chi connectivity index (χ0v) is 36.7. The summed E-state index contributed by atoms with van der Waals surface area (Å²) in [4.78, 5) is 116. The molecule has 0 aliphatic heterocycles. The van der Waals surface area contributed by atoms with Crippen LogP contribution in [0.15, 0.2) is 41.1 Å². The van der Waals surface area contributed by atoms with E-state index in [0.717, 1.165) is 11.1 Å². The van der Waals surface area contributed by atoms with Crippen LogP contribution in [-0.4, -0.2) is 106 Å². The second kappa shape index (κ2) is 24.7. The highest BCUT2D eigenvalue weighted by Gasteiger charge is 2.39. The monoisotopic (exact) mass is 910 g/mol. The number of aryl methyl sites for hydroxylation is 2. The molecule has 8 N–H and O–H groups in total. The number of hydrogen-bond donors (Lipinski definition) is 8. The number of halogens is 3. The second-order valence-corrected chi connectivity index (χ2v) is 17.4. The van der Waals surface area contributed by atoms with Gasteiger partial charge in [0.1, 0.15) is 36.5 Å². The maximum absolute atomic E-state index is 14.3. The third kappa shape index (κ3) is 19.8. The van der Waals surface area contributed by atoms with E-state index in [2.05, 4.69) is 26.6 Å². The third-order valence-electron chi connectivity index (χ3n) is 9.55. The summed E-state index contributed by atoms with van der Waals surface area (Å²) < 4.78 is 39.2. The highest BCUT2D eigenvalue weighted by Crippen LogP contribution is 2.23. The Balaban J connectivity index is 2.50. The molecule has 0 bridgehead atoms. The molecule has 6 amide bonds. The van der Waals surface area contributed by atoms with Gasteiger partial charge >= 0.3 is 18.1 Å². The van der Waals surface area contributed by atoms with Crippen molar-refractivity contribution in [3.63, 3.8) is 0 Å². The smallest absolute Gasteiger partial charge is 0.391 e. The minimum Gasteiger partial charge on any atom is -0.481 e. The Morgan fingerprint density at radius 3 is 1.86 bits per heavy atom. The molecule has 21 heteroatoms. The molecule has 2 aromatic rings. The summed E-state index contributed by atoms with van der Waals surface area (Å²) in [6.45, 7) is 9.95. The van der Waals surface area contributed by atoms with Crippen molar-refractivity contribution < 1.29 is 66.5 Å². The summed E-state index contributed by atoms with van der Waals surface area (Å²) in [6, 6.07) is -0.643. The first-order valence-electron chi connectivity index (χ1n) is 20.1. The van der Waals surface area contributed by atoms with Gasteiger partial charge in [-0.25, -0.2) is 0 Å². The van der Waals surface area contributed by atoms with E-state index >= 15 is 0 Å². The van der Waals surface area contributed by atoms with Crippen molar-refractivity contribution in [3.05, 3.63) is 57.8 Å². The van der Waals surface area contributed by atoms with Gasteiger partial charge in [0.05, 0.1) is 25.3 Å². The molecule has 0 saturated carbocycles. The molecule has 348 valence electrons. The van der Waals surface area contributed by atoms with Crippen LogP contribution < -0.4 is 31.9 Å². The Labute approximate surface area is 367 Å². The lowest BCUT2D eigenvalue weighted by molar-refractivity contribution is -0.147. The average molecular weight is 911 g/mol. The summed E-state index contributed by atoms with van der Waals surface area (Å²) in [6.07, 6.45) is -8.57. The number of hydrogen-bond acceptors (Lipinski definition) is 10. The Hall–Kier alpha value is -5.86. The van der Waals surface area contributed by atoms with Crippen molar-refractivity contribution >= 4 is 65.0 Å². The minimum absolute atomic E-state index is 0.0518. The summed E-state index contributed by atoms with van der Waals surface area (Å²) in [5.74, 6) is -8.78. The van der Waals surface area contributed by atoms with E-state index in [1.54, 1.807) is 82.6 Å². The molecule has 0 radical (unpaired) electrons. The van der Waals surface area contributed by atoms with Gasteiger partial charge in [-0.1, -0.05) is 58.9 Å². The summed E-state index contributed by atoms with van der Waals surface area (Å²) >= 11 is 1.37. The highest BCUT2D eigenvalue weighted by molar-refractivity contribution is 7.07. The number of alkyl halides is 3. The van der Waals surface area contributed by atoms with Gasteiger partial charge in [-0.3, -0.25) is 38.4 Å². The van der Waals surface area contributed by atoms with Crippen molar-refractivity contribution in [3.8, 4) is 0 Å². The van der Waals surface area contributed by atoms with Gasteiger partial charge in [0, 0.05) is 12.8 Å². The number of aldehydes is 1. The van der Waals surface area contributed by atoms with Gasteiger partial charge in [0.25, 0.3) is 0 Å². The van der Waals surface area contributed by atoms with Crippen molar-refractivity contribution in [2.45, 2.75) is 135 Å². The fraction of sp³-hybridized carbons (Fsp3) is 0.548. The van der Waals surface area contributed by atoms with E-state index in [0.29, 0.717) is 5.56 Å². The Bertz CT molecular complexity index is 1920. The average Bonchev–Trinajstić information content (AvgIpc) is 3.69. The van der Waals surface area contributed by atoms with Crippen molar-refractivity contribution in [2.75, 3.05) is 0 Å². The maximum atomic E-state index is 14.3. The van der Waals surface area contributed by atoms with Crippen LogP contribution in [0.3, 0.4) is 0 Å². The SMILES string of the molecule is Cc1ccccc1C[C@H](NC(=O)[C@@H](CCc1ccsc1)NC(=O)[C@H](CC(=O)O)NC(=O)CCC(=O)O)C(=O)N[C@H](C(=O)N[C@@H](CC(C)C)C(=O)NC(C=O)CC(F)(F)F)C(C)(C)C. The van der Waals surface area contributed by atoms with E-state index in [9.17, 15) is 61.4 Å². The molecule has 0 fully saturated rings. The fourth-order valence-corrected chi connectivity index (χ4v) is 6.94. The van der Waals surface area contributed by atoms with E-state index in [1.807, 2.05) is 5.32 Å². The molecule has 0 aliphatic carbocycles. The van der Waals surface area contributed by atoms with E-state index in [1.165, 1.54) is 11.3 Å². The molecular formula is C42H57F3N6O11S. The normalized spacial score (nSPS) is 14.4. The van der Waals surface area contributed by atoms with Gasteiger partial charge in [0.2, 0.25) is 35.4 Å². The summed E-state index contributed by atoms with van der Waals surface area (Å²) in [5, 5.41) is 36.6. The topological polar surface area (TPSA) is 266 Å². The largest absolute Gasteiger partial charge is 0.481 e. The van der Waals surface area contributed by atoms with Crippen LogP contribution >= 0.6 is 11.3 Å². The Kier molecular flexibility index (Phi) is 20.9. The van der Waals surface area contributed by atoms with Gasteiger partial charge < -0.3 is 46.9 Å². The highest BCUT2D eigenvalue weighted by atomic mass is 32.1. The quantitative estimate of drug-likeness (QED) is 0.0672. The molecule has 1 aromatic carbocycles. The zero-order chi connectivity index (χ0) is 47.7. The molecule has 1 heterocycles. The van der Waals surface area contributed by atoms with Crippen LogP contribution in [-0.2, 0) is 56.0 Å². The van der Waals surface area contributed by atoms with E-state index in [4.69, 9.17) is 5.11 Å². The lowest BCUT2D eigenvalue weighted by Crippen LogP contribution is -2.62. The number of nitrogens with one attached hydrogen (secondary N) is 6. The van der Waals surface area contributed by atoms with E-state index in [-0.39, 0.29) is 37.9 Å². The number of carboxylic acids is 2. The summed E-state index contributed by atoms with van der Waals surface area (Å²) in [7, 11) is 0. The number of thiophene rings is 1. The van der Waals surface area contributed by atoms with Crippen LogP contribution in [0.4, 0.5) is 13.2 Å². The van der Waals surface area contributed by atoms with Crippen LogP contribution in [0.1, 0.15) is 89.8 Å². The van der Waals surface area contributed by atoms with E-state index < -0.39 is 121 Å². The summed E-state index contributed by atoms with van der Waals surface area (Å²) in [5.41, 5.74) is 1.05. The molecule has 2 rings (SSSR count). The molecule has 0 saturated heterocycles. The molecule has 63 heavy (non-hydrogen) atoms. The number of carboxylic acid groups (broad SMARTS) is 2. The first-order chi connectivity index (χ1) is 29.3.